The third-order valence-electron chi connectivity index (χ3n) is 1.95. The molecule has 74 valence electrons. The first-order valence-corrected chi connectivity index (χ1v) is 6.24. The topological polar surface area (TPSA) is 38.0 Å². The SMILES string of the molecule is NNC(c1ccsc1)c1sccc1Cl. The zero-order valence-corrected chi connectivity index (χ0v) is 9.62. The molecule has 3 N–H and O–H groups in total. The molecule has 0 aliphatic carbocycles. The van der Waals surface area contributed by atoms with Crippen LogP contribution < -0.4 is 11.3 Å². The van der Waals surface area contributed by atoms with Crippen LogP contribution in [0, 0.1) is 0 Å². The summed E-state index contributed by atoms with van der Waals surface area (Å²) in [6.07, 6.45) is 0. The van der Waals surface area contributed by atoms with Crippen LogP contribution in [0.1, 0.15) is 16.5 Å². The lowest BCUT2D eigenvalue weighted by molar-refractivity contribution is 0.648. The first-order valence-electron chi connectivity index (χ1n) is 4.04. The summed E-state index contributed by atoms with van der Waals surface area (Å²) in [7, 11) is 0. The molecule has 0 fully saturated rings. The Labute approximate surface area is 95.3 Å². The Balaban J connectivity index is 2.36. The molecule has 0 saturated heterocycles. The van der Waals surface area contributed by atoms with E-state index in [2.05, 4.69) is 10.8 Å². The van der Waals surface area contributed by atoms with Crippen LogP contribution in [0.4, 0.5) is 0 Å². The van der Waals surface area contributed by atoms with Gasteiger partial charge in [-0.25, -0.2) is 5.43 Å². The molecule has 2 aromatic rings. The first kappa shape index (κ1) is 10.1. The van der Waals surface area contributed by atoms with E-state index in [0.29, 0.717) is 0 Å². The summed E-state index contributed by atoms with van der Waals surface area (Å²) in [5.41, 5.74) is 3.93. The average Bonchev–Trinajstić information content (AvgIpc) is 2.80. The summed E-state index contributed by atoms with van der Waals surface area (Å²) in [6.45, 7) is 0. The molecule has 1 atom stereocenters. The van der Waals surface area contributed by atoms with Crippen molar-refractivity contribution < 1.29 is 0 Å². The summed E-state index contributed by atoms with van der Waals surface area (Å²) in [4.78, 5) is 1.06. The fourth-order valence-electron chi connectivity index (χ4n) is 1.27. The quantitative estimate of drug-likeness (QED) is 0.644. The molecule has 5 heteroatoms. The summed E-state index contributed by atoms with van der Waals surface area (Å²) >= 11 is 9.31. The predicted octanol–water partition coefficient (Wildman–Crippen LogP) is 3.02. The molecule has 0 aliphatic rings. The van der Waals surface area contributed by atoms with Crippen molar-refractivity contribution in [1.29, 1.82) is 0 Å². The van der Waals surface area contributed by atoms with Gasteiger partial charge in [0.05, 0.1) is 11.1 Å². The van der Waals surface area contributed by atoms with Crippen LogP contribution in [0.15, 0.2) is 28.3 Å². The number of nitrogens with two attached hydrogens (primary N) is 1. The number of rotatable bonds is 3. The van der Waals surface area contributed by atoms with E-state index in [1.54, 1.807) is 22.7 Å². The van der Waals surface area contributed by atoms with Gasteiger partial charge in [0.1, 0.15) is 0 Å². The predicted molar refractivity (Wildman–Crippen MR) is 62.8 cm³/mol. The van der Waals surface area contributed by atoms with E-state index in [-0.39, 0.29) is 6.04 Å². The van der Waals surface area contributed by atoms with E-state index in [1.165, 1.54) is 0 Å². The summed E-state index contributed by atoms with van der Waals surface area (Å²) in [5, 5.41) is 6.83. The van der Waals surface area contributed by atoms with Gasteiger partial charge in [0, 0.05) is 4.88 Å². The van der Waals surface area contributed by atoms with Crippen molar-refractivity contribution in [3.8, 4) is 0 Å². The van der Waals surface area contributed by atoms with Gasteiger partial charge in [-0.3, -0.25) is 5.84 Å². The van der Waals surface area contributed by atoms with Crippen molar-refractivity contribution >= 4 is 34.3 Å². The molecule has 1 unspecified atom stereocenters. The Morgan fingerprint density at radius 1 is 1.36 bits per heavy atom. The van der Waals surface area contributed by atoms with Gasteiger partial charge in [-0.2, -0.15) is 11.3 Å². The number of hydrogen-bond acceptors (Lipinski definition) is 4. The van der Waals surface area contributed by atoms with E-state index in [9.17, 15) is 0 Å². The number of halogens is 1. The zero-order chi connectivity index (χ0) is 9.97. The molecule has 0 spiro atoms. The zero-order valence-electron chi connectivity index (χ0n) is 7.24. The van der Waals surface area contributed by atoms with E-state index in [4.69, 9.17) is 17.4 Å². The maximum absolute atomic E-state index is 6.05. The Morgan fingerprint density at radius 2 is 2.21 bits per heavy atom. The summed E-state index contributed by atoms with van der Waals surface area (Å²) < 4.78 is 0. The minimum absolute atomic E-state index is 0.00810. The van der Waals surface area contributed by atoms with Crippen LogP contribution in [-0.4, -0.2) is 0 Å². The van der Waals surface area contributed by atoms with Gasteiger partial charge in [0.2, 0.25) is 0 Å². The normalized spacial score (nSPS) is 13.0. The lowest BCUT2D eigenvalue weighted by Crippen LogP contribution is -2.28. The number of hydrazine groups is 1. The molecule has 14 heavy (non-hydrogen) atoms. The Hall–Kier alpha value is -0.390. The van der Waals surface area contributed by atoms with Gasteiger partial charge >= 0.3 is 0 Å². The van der Waals surface area contributed by atoms with Crippen molar-refractivity contribution in [1.82, 2.24) is 5.43 Å². The molecule has 2 rings (SSSR count). The van der Waals surface area contributed by atoms with Crippen molar-refractivity contribution in [3.63, 3.8) is 0 Å². The highest BCUT2D eigenvalue weighted by atomic mass is 35.5. The Kier molecular flexibility index (Phi) is 3.20. The second kappa shape index (κ2) is 4.42. The van der Waals surface area contributed by atoms with Gasteiger partial charge in [-0.1, -0.05) is 11.6 Å². The van der Waals surface area contributed by atoms with Gasteiger partial charge < -0.3 is 0 Å². The molecular weight excluding hydrogens is 236 g/mol. The summed E-state index contributed by atoms with van der Waals surface area (Å²) in [5.74, 6) is 5.53. The fraction of sp³-hybridized carbons (Fsp3) is 0.111. The molecular formula is C9H9ClN2S2. The van der Waals surface area contributed by atoms with Crippen molar-refractivity contribution in [2.75, 3.05) is 0 Å². The van der Waals surface area contributed by atoms with Crippen molar-refractivity contribution in [2.24, 2.45) is 5.84 Å². The third-order valence-corrected chi connectivity index (χ3v) is 4.07. The standard InChI is InChI=1S/C9H9ClN2S2/c10-7-2-4-14-9(7)8(12-11)6-1-3-13-5-6/h1-5,8,12H,11H2. The Bertz CT molecular complexity index is 397. The van der Waals surface area contributed by atoms with Crippen LogP contribution in [0.2, 0.25) is 5.02 Å². The second-order valence-electron chi connectivity index (χ2n) is 2.79. The molecule has 0 saturated carbocycles. The summed E-state index contributed by atoms with van der Waals surface area (Å²) in [6, 6.07) is 3.94. The minimum atomic E-state index is 0.00810. The highest BCUT2D eigenvalue weighted by Crippen LogP contribution is 2.32. The Morgan fingerprint density at radius 3 is 2.71 bits per heavy atom. The van der Waals surface area contributed by atoms with Crippen molar-refractivity contribution in [3.05, 3.63) is 43.7 Å². The van der Waals surface area contributed by atoms with Crippen LogP contribution in [0.25, 0.3) is 0 Å². The lowest BCUT2D eigenvalue weighted by Gasteiger charge is -2.13. The average molecular weight is 245 g/mol. The van der Waals surface area contributed by atoms with Crippen LogP contribution in [0.5, 0.6) is 0 Å². The number of hydrogen-bond donors (Lipinski definition) is 2. The second-order valence-corrected chi connectivity index (χ2v) is 4.92. The van der Waals surface area contributed by atoms with E-state index < -0.39 is 0 Å². The molecule has 2 nitrogen and oxygen atoms in total. The van der Waals surface area contributed by atoms with E-state index in [0.717, 1.165) is 15.5 Å². The minimum Gasteiger partial charge on any atom is -0.271 e. The van der Waals surface area contributed by atoms with Gasteiger partial charge in [0.15, 0.2) is 0 Å². The maximum Gasteiger partial charge on any atom is 0.0825 e. The van der Waals surface area contributed by atoms with Crippen LogP contribution in [0.3, 0.4) is 0 Å². The molecule has 0 radical (unpaired) electrons. The highest BCUT2D eigenvalue weighted by molar-refractivity contribution is 7.10. The third kappa shape index (κ3) is 1.85. The monoisotopic (exact) mass is 244 g/mol. The molecule has 0 aliphatic heterocycles. The fourth-order valence-corrected chi connectivity index (χ4v) is 3.21. The highest BCUT2D eigenvalue weighted by Gasteiger charge is 2.16. The van der Waals surface area contributed by atoms with Crippen LogP contribution in [-0.2, 0) is 0 Å². The smallest absolute Gasteiger partial charge is 0.0825 e. The van der Waals surface area contributed by atoms with E-state index in [1.807, 2.05) is 22.9 Å². The molecule has 0 amide bonds. The number of nitrogens with one attached hydrogen (secondary N) is 1. The lowest BCUT2D eigenvalue weighted by atomic mass is 10.1. The molecule has 2 aromatic heterocycles. The van der Waals surface area contributed by atoms with E-state index >= 15 is 0 Å². The van der Waals surface area contributed by atoms with Crippen molar-refractivity contribution in [2.45, 2.75) is 6.04 Å². The number of thiophene rings is 2. The molecule has 2 heterocycles. The van der Waals surface area contributed by atoms with Gasteiger partial charge in [0.25, 0.3) is 0 Å². The van der Waals surface area contributed by atoms with Gasteiger partial charge in [-0.05, 0) is 33.8 Å². The molecule has 0 bridgehead atoms. The van der Waals surface area contributed by atoms with Gasteiger partial charge in [-0.15, -0.1) is 11.3 Å². The maximum atomic E-state index is 6.05. The molecule has 0 aromatic carbocycles. The van der Waals surface area contributed by atoms with Crippen LogP contribution >= 0.6 is 34.3 Å². The first-order chi connectivity index (χ1) is 6.83. The largest absolute Gasteiger partial charge is 0.271 e.